The Morgan fingerprint density at radius 2 is 2.03 bits per heavy atom. The monoisotopic (exact) mass is 450 g/mol. The Bertz CT molecular complexity index is 1290. The van der Waals surface area contributed by atoms with E-state index in [2.05, 4.69) is 34.0 Å². The summed E-state index contributed by atoms with van der Waals surface area (Å²) in [4.78, 5) is 20.3. The lowest BCUT2D eigenvalue weighted by Crippen LogP contribution is -2.14. The molecule has 166 valence electrons. The molecule has 0 saturated heterocycles. The van der Waals surface area contributed by atoms with Gasteiger partial charge in [-0.2, -0.15) is 0 Å². The van der Waals surface area contributed by atoms with Crippen LogP contribution in [0.25, 0.3) is 22.6 Å². The molecule has 32 heavy (non-hydrogen) atoms. The first-order valence-corrected chi connectivity index (χ1v) is 11.7. The summed E-state index contributed by atoms with van der Waals surface area (Å²) >= 11 is 1.55. The van der Waals surface area contributed by atoms with Gasteiger partial charge in [0.05, 0.1) is 17.1 Å². The molecule has 8 heteroatoms. The van der Waals surface area contributed by atoms with Crippen LogP contribution in [0.3, 0.4) is 0 Å². The van der Waals surface area contributed by atoms with Crippen LogP contribution in [0.5, 0.6) is 5.75 Å². The molecule has 0 unspecified atom stereocenters. The fraction of sp³-hybridized carbons (Fsp3) is 0.333. The number of benzene rings is 1. The molecule has 0 aliphatic carbocycles. The Morgan fingerprint density at radius 3 is 2.75 bits per heavy atom. The summed E-state index contributed by atoms with van der Waals surface area (Å²) in [5.74, 6) is 0.210. The number of thiazole rings is 1. The molecule has 0 aliphatic rings. The first-order chi connectivity index (χ1) is 15.5. The van der Waals surface area contributed by atoms with Crippen LogP contribution in [0.2, 0.25) is 0 Å². The zero-order valence-electron chi connectivity index (χ0n) is 18.4. The molecule has 0 amide bonds. The number of aryl methyl sites for hydroxylation is 3. The first-order valence-electron chi connectivity index (χ1n) is 10.8. The minimum Gasteiger partial charge on any atom is -0.506 e. The largest absolute Gasteiger partial charge is 0.506 e. The number of H-pyrrole nitrogens is 1. The van der Waals surface area contributed by atoms with Gasteiger partial charge in [0.2, 0.25) is 5.89 Å². The average molecular weight is 451 g/mol. The van der Waals surface area contributed by atoms with Crippen molar-refractivity contribution in [1.29, 1.82) is 0 Å². The van der Waals surface area contributed by atoms with Gasteiger partial charge in [-0.1, -0.05) is 44.5 Å². The van der Waals surface area contributed by atoms with E-state index in [9.17, 15) is 9.90 Å². The lowest BCUT2D eigenvalue weighted by molar-refractivity contribution is 0.468. The predicted octanol–water partition coefficient (Wildman–Crippen LogP) is 5.06. The highest BCUT2D eigenvalue weighted by Crippen LogP contribution is 2.38. The summed E-state index contributed by atoms with van der Waals surface area (Å²) < 4.78 is 5.76. The molecular weight excluding hydrogens is 424 g/mol. The molecule has 0 radical (unpaired) electrons. The van der Waals surface area contributed by atoms with Crippen molar-refractivity contribution >= 4 is 11.3 Å². The van der Waals surface area contributed by atoms with Crippen molar-refractivity contribution in [2.45, 2.75) is 52.9 Å². The standard InChI is InChI=1S/C24H26N4O3S/c1-4-6-10-18-20(16-9-7-8-15(5-2)11-16)22(29)21(23(30)26-18)24-28-27-19(31-24)12-17-13-32-14(3)25-17/h7-9,11,13H,4-6,10,12H2,1-3H3,(H2,26,29,30). The van der Waals surface area contributed by atoms with E-state index in [-0.39, 0.29) is 17.2 Å². The van der Waals surface area contributed by atoms with Crippen LogP contribution in [0.1, 0.15) is 54.5 Å². The highest BCUT2D eigenvalue weighted by molar-refractivity contribution is 7.09. The van der Waals surface area contributed by atoms with Gasteiger partial charge in [-0.15, -0.1) is 21.5 Å². The smallest absolute Gasteiger partial charge is 0.264 e. The molecule has 0 spiro atoms. The Morgan fingerprint density at radius 1 is 1.19 bits per heavy atom. The number of nitrogens with zero attached hydrogens (tertiary/aromatic N) is 3. The quantitative estimate of drug-likeness (QED) is 0.389. The van der Waals surface area contributed by atoms with Gasteiger partial charge in [-0.25, -0.2) is 4.98 Å². The fourth-order valence-corrected chi connectivity index (χ4v) is 4.32. The molecule has 0 bridgehead atoms. The van der Waals surface area contributed by atoms with Crippen molar-refractivity contribution < 1.29 is 9.52 Å². The van der Waals surface area contributed by atoms with Crippen LogP contribution in [0.15, 0.2) is 38.9 Å². The molecule has 0 aliphatic heterocycles. The molecule has 7 nitrogen and oxygen atoms in total. The topological polar surface area (TPSA) is 105 Å². The first kappa shape index (κ1) is 22.0. The number of hydrogen-bond acceptors (Lipinski definition) is 7. The van der Waals surface area contributed by atoms with Gasteiger partial charge in [0.25, 0.3) is 11.4 Å². The van der Waals surface area contributed by atoms with Crippen LogP contribution >= 0.6 is 11.3 Å². The van der Waals surface area contributed by atoms with Gasteiger partial charge in [0.15, 0.2) is 0 Å². The van der Waals surface area contributed by atoms with Crippen molar-refractivity contribution in [2.24, 2.45) is 0 Å². The average Bonchev–Trinajstić information content (AvgIpc) is 3.41. The molecule has 2 N–H and O–H groups in total. The number of rotatable bonds is 8. The molecule has 4 rings (SSSR count). The normalized spacial score (nSPS) is 11.2. The second-order valence-corrected chi connectivity index (χ2v) is 8.79. The maximum absolute atomic E-state index is 12.9. The van der Waals surface area contributed by atoms with E-state index >= 15 is 0 Å². The van der Waals surface area contributed by atoms with Gasteiger partial charge in [-0.05, 0) is 37.3 Å². The number of nitrogens with one attached hydrogen (secondary N) is 1. The third-order valence-corrected chi connectivity index (χ3v) is 6.17. The lowest BCUT2D eigenvalue weighted by Gasteiger charge is -2.14. The van der Waals surface area contributed by atoms with Crippen molar-refractivity contribution in [2.75, 3.05) is 0 Å². The van der Waals surface area contributed by atoms with Gasteiger partial charge < -0.3 is 14.5 Å². The summed E-state index contributed by atoms with van der Waals surface area (Å²) in [6.07, 6.45) is 3.77. The van der Waals surface area contributed by atoms with Gasteiger partial charge in [-0.3, -0.25) is 4.79 Å². The lowest BCUT2D eigenvalue weighted by atomic mass is 9.96. The van der Waals surface area contributed by atoms with E-state index in [0.717, 1.165) is 41.1 Å². The summed E-state index contributed by atoms with van der Waals surface area (Å²) in [5.41, 5.74) is 3.70. The van der Waals surface area contributed by atoms with E-state index in [1.54, 1.807) is 11.3 Å². The molecule has 0 saturated carbocycles. The van der Waals surface area contributed by atoms with Crippen LogP contribution in [0.4, 0.5) is 0 Å². The Balaban J connectivity index is 1.80. The molecule has 4 aromatic rings. The van der Waals surface area contributed by atoms with Crippen LogP contribution in [0, 0.1) is 6.92 Å². The molecular formula is C24H26N4O3S. The Labute approximate surface area is 190 Å². The summed E-state index contributed by atoms with van der Waals surface area (Å²) in [6, 6.07) is 7.98. The molecule has 0 atom stereocenters. The number of aromatic hydroxyl groups is 1. The summed E-state index contributed by atoms with van der Waals surface area (Å²) in [7, 11) is 0. The van der Waals surface area contributed by atoms with Gasteiger partial charge >= 0.3 is 0 Å². The van der Waals surface area contributed by atoms with Crippen LogP contribution < -0.4 is 5.56 Å². The zero-order valence-corrected chi connectivity index (χ0v) is 19.3. The second kappa shape index (κ2) is 9.48. The highest BCUT2D eigenvalue weighted by atomic mass is 32.1. The molecule has 3 aromatic heterocycles. The third-order valence-electron chi connectivity index (χ3n) is 5.35. The predicted molar refractivity (Wildman–Crippen MR) is 125 cm³/mol. The van der Waals surface area contributed by atoms with Crippen molar-refractivity contribution in [3.63, 3.8) is 0 Å². The Hall–Kier alpha value is -3.26. The number of aromatic nitrogens is 4. The van der Waals surface area contributed by atoms with Gasteiger partial charge in [0, 0.05) is 16.6 Å². The van der Waals surface area contributed by atoms with Crippen molar-refractivity contribution in [1.82, 2.24) is 20.2 Å². The number of unbranched alkanes of at least 4 members (excludes halogenated alkanes) is 1. The number of hydrogen-bond donors (Lipinski definition) is 2. The number of pyridine rings is 1. The summed E-state index contributed by atoms with van der Waals surface area (Å²) in [5, 5.41) is 22.3. The van der Waals surface area contributed by atoms with Crippen molar-refractivity contribution in [3.05, 3.63) is 67.8 Å². The molecule has 3 heterocycles. The SMILES string of the molecule is CCCCc1[nH]c(=O)c(-c2nnc(Cc3csc(C)n3)o2)c(O)c1-c1cccc(CC)c1. The maximum Gasteiger partial charge on any atom is 0.264 e. The van der Waals surface area contributed by atoms with E-state index in [1.165, 1.54) is 0 Å². The Kier molecular flexibility index (Phi) is 6.50. The molecule has 0 fully saturated rings. The van der Waals surface area contributed by atoms with E-state index in [1.807, 2.05) is 36.6 Å². The fourth-order valence-electron chi connectivity index (χ4n) is 3.71. The van der Waals surface area contributed by atoms with E-state index in [4.69, 9.17) is 4.42 Å². The van der Waals surface area contributed by atoms with E-state index in [0.29, 0.717) is 30.0 Å². The minimum atomic E-state index is -0.441. The van der Waals surface area contributed by atoms with Crippen LogP contribution in [-0.2, 0) is 19.3 Å². The second-order valence-electron chi connectivity index (χ2n) is 7.72. The number of aromatic amines is 1. The third kappa shape index (κ3) is 4.50. The highest BCUT2D eigenvalue weighted by Gasteiger charge is 2.24. The van der Waals surface area contributed by atoms with Crippen molar-refractivity contribution in [3.8, 4) is 28.3 Å². The molecule has 1 aromatic carbocycles. The zero-order chi connectivity index (χ0) is 22.7. The maximum atomic E-state index is 12.9. The summed E-state index contributed by atoms with van der Waals surface area (Å²) in [6.45, 7) is 6.10. The van der Waals surface area contributed by atoms with Gasteiger partial charge in [0.1, 0.15) is 11.3 Å². The minimum absolute atomic E-state index is 0.000592. The van der Waals surface area contributed by atoms with E-state index < -0.39 is 5.56 Å². The van der Waals surface area contributed by atoms with Crippen LogP contribution in [-0.4, -0.2) is 25.3 Å².